The Bertz CT molecular complexity index is 259. The third kappa shape index (κ3) is 2.96. The van der Waals surface area contributed by atoms with Crippen LogP contribution < -0.4 is 5.73 Å². The number of likely N-dealkylation sites (N-methyl/N-ethyl adjacent to an activating group) is 1. The Kier molecular flexibility index (Phi) is 4.35. The minimum Gasteiger partial charge on any atom is -0.383 e. The molecule has 0 atom stereocenters. The van der Waals surface area contributed by atoms with Gasteiger partial charge in [-0.05, 0) is 20.0 Å². The molecule has 0 unspecified atom stereocenters. The number of anilines is 1. The van der Waals surface area contributed by atoms with Gasteiger partial charge in [0.25, 0.3) is 0 Å². The quantitative estimate of drug-likeness (QED) is 0.812. The maximum atomic E-state index is 5.70. The number of aromatic nitrogens is 1. The molecule has 0 aliphatic carbocycles. The number of nitrogen functional groups attached to an aromatic ring is 1. The first-order valence-electron chi connectivity index (χ1n) is 5.11. The van der Waals surface area contributed by atoms with E-state index in [1.807, 2.05) is 6.92 Å². The lowest BCUT2D eigenvalue weighted by molar-refractivity contribution is 0.308. The van der Waals surface area contributed by atoms with Crippen LogP contribution in [-0.4, -0.2) is 29.5 Å². The van der Waals surface area contributed by atoms with Gasteiger partial charge in [0, 0.05) is 17.8 Å². The van der Waals surface area contributed by atoms with Crippen molar-refractivity contribution in [3.8, 4) is 0 Å². The van der Waals surface area contributed by atoms with E-state index in [4.69, 9.17) is 5.73 Å². The highest BCUT2D eigenvalue weighted by molar-refractivity contribution is 7.12. The Labute approximate surface area is 89.9 Å². The van der Waals surface area contributed by atoms with Gasteiger partial charge < -0.3 is 10.6 Å². The molecule has 0 amide bonds. The molecule has 1 heterocycles. The third-order valence-corrected chi connectivity index (χ3v) is 3.46. The van der Waals surface area contributed by atoms with Crippen molar-refractivity contribution in [2.24, 2.45) is 0 Å². The summed E-state index contributed by atoms with van der Waals surface area (Å²) in [4.78, 5) is 7.85. The van der Waals surface area contributed by atoms with Crippen LogP contribution in [0.4, 0.5) is 5.82 Å². The second-order valence-electron chi connectivity index (χ2n) is 3.33. The van der Waals surface area contributed by atoms with Crippen LogP contribution in [-0.2, 0) is 6.42 Å². The van der Waals surface area contributed by atoms with Gasteiger partial charge in [-0.1, -0.05) is 13.8 Å². The Morgan fingerprint density at radius 1 is 1.36 bits per heavy atom. The fourth-order valence-electron chi connectivity index (χ4n) is 1.37. The molecule has 0 aliphatic heterocycles. The highest BCUT2D eigenvalue weighted by atomic mass is 32.1. The number of hydrogen-bond donors (Lipinski definition) is 1. The summed E-state index contributed by atoms with van der Waals surface area (Å²) in [5.41, 5.74) is 5.70. The van der Waals surface area contributed by atoms with Crippen LogP contribution in [0.2, 0.25) is 0 Å². The van der Waals surface area contributed by atoms with Crippen molar-refractivity contribution in [2.75, 3.05) is 25.4 Å². The molecule has 4 heteroatoms. The zero-order valence-electron chi connectivity index (χ0n) is 9.21. The minimum absolute atomic E-state index is 0.699. The van der Waals surface area contributed by atoms with E-state index >= 15 is 0 Å². The van der Waals surface area contributed by atoms with Gasteiger partial charge in [0.15, 0.2) is 0 Å². The van der Waals surface area contributed by atoms with Crippen molar-refractivity contribution in [1.82, 2.24) is 9.88 Å². The molecular formula is C10H19N3S. The molecule has 1 aromatic rings. The summed E-state index contributed by atoms with van der Waals surface area (Å²) in [6.07, 6.45) is 1.02. The lowest BCUT2D eigenvalue weighted by Crippen LogP contribution is -2.25. The highest BCUT2D eigenvalue weighted by Gasteiger charge is 2.05. The minimum atomic E-state index is 0.699. The van der Waals surface area contributed by atoms with Crippen LogP contribution in [0.1, 0.15) is 23.7 Å². The van der Waals surface area contributed by atoms with E-state index in [0.717, 1.165) is 35.9 Å². The molecule has 0 radical (unpaired) electrons. The molecule has 0 spiro atoms. The first-order valence-corrected chi connectivity index (χ1v) is 5.93. The average molecular weight is 213 g/mol. The van der Waals surface area contributed by atoms with E-state index in [1.165, 1.54) is 0 Å². The van der Waals surface area contributed by atoms with Crippen molar-refractivity contribution in [3.63, 3.8) is 0 Å². The van der Waals surface area contributed by atoms with Crippen LogP contribution in [0.15, 0.2) is 0 Å². The van der Waals surface area contributed by atoms with Crippen LogP contribution in [0, 0.1) is 6.92 Å². The van der Waals surface area contributed by atoms with E-state index in [9.17, 15) is 0 Å². The summed E-state index contributed by atoms with van der Waals surface area (Å²) in [5.74, 6) is 0.699. The van der Waals surface area contributed by atoms with Crippen molar-refractivity contribution < 1.29 is 0 Å². The molecule has 0 bridgehead atoms. The van der Waals surface area contributed by atoms with Gasteiger partial charge in [0.05, 0.1) is 5.01 Å². The Morgan fingerprint density at radius 2 is 2.00 bits per heavy atom. The number of nitrogens with two attached hydrogens (primary N) is 1. The predicted molar refractivity (Wildman–Crippen MR) is 62.8 cm³/mol. The second-order valence-corrected chi connectivity index (χ2v) is 4.61. The first-order chi connectivity index (χ1) is 6.67. The van der Waals surface area contributed by atoms with Crippen molar-refractivity contribution in [2.45, 2.75) is 27.2 Å². The molecule has 80 valence electrons. The van der Waals surface area contributed by atoms with Gasteiger partial charge in [-0.15, -0.1) is 11.3 Å². The molecular weight excluding hydrogens is 194 g/mol. The summed E-state index contributed by atoms with van der Waals surface area (Å²) in [7, 11) is 0. The third-order valence-electron chi connectivity index (χ3n) is 2.41. The van der Waals surface area contributed by atoms with Crippen LogP contribution >= 0.6 is 11.3 Å². The summed E-state index contributed by atoms with van der Waals surface area (Å²) in [6.45, 7) is 9.69. The Balaban J connectivity index is 2.45. The average Bonchev–Trinajstić information content (AvgIpc) is 2.48. The van der Waals surface area contributed by atoms with E-state index in [-0.39, 0.29) is 0 Å². The maximum absolute atomic E-state index is 5.70. The predicted octanol–water partition coefficient (Wildman–Crippen LogP) is 1.92. The molecule has 0 fully saturated rings. The molecule has 2 N–H and O–H groups in total. The van der Waals surface area contributed by atoms with E-state index < -0.39 is 0 Å². The van der Waals surface area contributed by atoms with E-state index in [2.05, 4.69) is 23.7 Å². The summed E-state index contributed by atoms with van der Waals surface area (Å²) in [6, 6.07) is 0. The molecule has 14 heavy (non-hydrogen) atoms. The smallest absolute Gasteiger partial charge is 0.137 e. The normalized spacial score (nSPS) is 11.1. The maximum Gasteiger partial charge on any atom is 0.137 e. The van der Waals surface area contributed by atoms with Gasteiger partial charge in [0.1, 0.15) is 5.82 Å². The SMILES string of the molecule is CCN(CC)CCc1nc(N)c(C)s1. The second kappa shape index (κ2) is 5.32. The lowest BCUT2D eigenvalue weighted by atomic mass is 10.4. The Hall–Kier alpha value is -0.610. The largest absolute Gasteiger partial charge is 0.383 e. The summed E-state index contributed by atoms with van der Waals surface area (Å²) in [5, 5.41) is 1.16. The monoisotopic (exact) mass is 213 g/mol. The molecule has 3 nitrogen and oxygen atoms in total. The fourth-order valence-corrected chi connectivity index (χ4v) is 2.21. The lowest BCUT2D eigenvalue weighted by Gasteiger charge is -2.16. The van der Waals surface area contributed by atoms with Gasteiger partial charge in [0.2, 0.25) is 0 Å². The molecule has 1 rings (SSSR count). The van der Waals surface area contributed by atoms with Crippen molar-refractivity contribution >= 4 is 17.2 Å². The van der Waals surface area contributed by atoms with Gasteiger partial charge >= 0.3 is 0 Å². The summed E-state index contributed by atoms with van der Waals surface area (Å²) < 4.78 is 0. The van der Waals surface area contributed by atoms with Crippen LogP contribution in [0.5, 0.6) is 0 Å². The van der Waals surface area contributed by atoms with Crippen molar-refractivity contribution in [3.05, 3.63) is 9.88 Å². The van der Waals surface area contributed by atoms with E-state index in [1.54, 1.807) is 11.3 Å². The fraction of sp³-hybridized carbons (Fsp3) is 0.700. The zero-order valence-corrected chi connectivity index (χ0v) is 10.0. The number of hydrogen-bond acceptors (Lipinski definition) is 4. The number of aryl methyl sites for hydroxylation is 1. The topological polar surface area (TPSA) is 42.2 Å². The zero-order chi connectivity index (χ0) is 10.6. The van der Waals surface area contributed by atoms with Crippen LogP contribution in [0.3, 0.4) is 0 Å². The molecule has 0 aromatic carbocycles. The Morgan fingerprint density at radius 3 is 2.43 bits per heavy atom. The number of rotatable bonds is 5. The standard InChI is InChI=1S/C10H19N3S/c1-4-13(5-2)7-6-9-12-10(11)8(3)14-9/h4-7,11H2,1-3H3. The first kappa shape index (κ1) is 11.5. The summed E-state index contributed by atoms with van der Waals surface area (Å²) >= 11 is 1.71. The molecule has 0 saturated heterocycles. The van der Waals surface area contributed by atoms with Crippen LogP contribution in [0.25, 0.3) is 0 Å². The highest BCUT2D eigenvalue weighted by Crippen LogP contribution is 2.19. The molecule has 0 aliphatic rings. The number of thiazole rings is 1. The molecule has 1 aromatic heterocycles. The number of nitrogens with zero attached hydrogens (tertiary/aromatic N) is 2. The van der Waals surface area contributed by atoms with Gasteiger partial charge in [-0.3, -0.25) is 0 Å². The van der Waals surface area contributed by atoms with E-state index in [0.29, 0.717) is 5.82 Å². The van der Waals surface area contributed by atoms with Gasteiger partial charge in [-0.2, -0.15) is 0 Å². The van der Waals surface area contributed by atoms with Crippen molar-refractivity contribution in [1.29, 1.82) is 0 Å². The van der Waals surface area contributed by atoms with Gasteiger partial charge in [-0.25, -0.2) is 4.98 Å². The molecule has 0 saturated carbocycles.